The number of aromatic amines is 1. The molecule has 0 bridgehead atoms. The fourth-order valence-electron chi connectivity index (χ4n) is 3.95. The maximum absolute atomic E-state index is 4.47. The number of benzene rings is 1. The van der Waals surface area contributed by atoms with Gasteiger partial charge in [0.1, 0.15) is 0 Å². The van der Waals surface area contributed by atoms with Gasteiger partial charge in [-0.15, -0.1) is 0 Å². The van der Waals surface area contributed by atoms with Gasteiger partial charge in [-0.3, -0.25) is 19.9 Å². The molecule has 1 fully saturated rings. The maximum atomic E-state index is 4.47. The van der Waals surface area contributed by atoms with E-state index in [2.05, 4.69) is 62.4 Å². The molecule has 136 valence electrons. The molecule has 0 aliphatic carbocycles. The van der Waals surface area contributed by atoms with E-state index in [0.29, 0.717) is 6.04 Å². The van der Waals surface area contributed by atoms with Gasteiger partial charge in [-0.2, -0.15) is 5.10 Å². The van der Waals surface area contributed by atoms with Crippen LogP contribution in [0.1, 0.15) is 30.5 Å². The minimum absolute atomic E-state index is 0.636. The third kappa shape index (κ3) is 4.11. The zero-order chi connectivity index (χ0) is 17.8. The molecule has 1 atom stereocenters. The van der Waals surface area contributed by atoms with Crippen LogP contribution in [0, 0.1) is 0 Å². The number of hydrogen-bond donors (Lipinski definition) is 1. The van der Waals surface area contributed by atoms with Crippen molar-refractivity contribution in [2.24, 2.45) is 0 Å². The molecule has 1 aromatic carbocycles. The van der Waals surface area contributed by atoms with Gasteiger partial charge in [-0.25, -0.2) is 0 Å². The lowest BCUT2D eigenvalue weighted by Crippen LogP contribution is -2.32. The number of nitrogens with one attached hydrogen (secondary N) is 1. The van der Waals surface area contributed by atoms with Crippen LogP contribution in [-0.2, 0) is 13.1 Å². The van der Waals surface area contributed by atoms with E-state index in [9.17, 15) is 0 Å². The summed E-state index contributed by atoms with van der Waals surface area (Å²) in [7, 11) is 2.24. The normalized spacial score (nSPS) is 19.1. The molecule has 1 aliphatic heterocycles. The number of aromatic nitrogens is 3. The van der Waals surface area contributed by atoms with Gasteiger partial charge in [0.25, 0.3) is 0 Å². The minimum atomic E-state index is 0.636. The van der Waals surface area contributed by atoms with Gasteiger partial charge >= 0.3 is 0 Å². The van der Waals surface area contributed by atoms with E-state index in [4.69, 9.17) is 0 Å². The Morgan fingerprint density at radius 2 is 2.15 bits per heavy atom. The van der Waals surface area contributed by atoms with E-state index < -0.39 is 0 Å². The van der Waals surface area contributed by atoms with Crippen molar-refractivity contribution in [1.82, 2.24) is 25.0 Å². The summed E-state index contributed by atoms with van der Waals surface area (Å²) in [5.41, 5.74) is 3.65. The minimum Gasteiger partial charge on any atom is -0.299 e. The van der Waals surface area contributed by atoms with Crippen molar-refractivity contribution in [2.45, 2.75) is 38.4 Å². The largest absolute Gasteiger partial charge is 0.299 e. The van der Waals surface area contributed by atoms with Crippen molar-refractivity contribution in [3.63, 3.8) is 0 Å². The van der Waals surface area contributed by atoms with Crippen LogP contribution in [0.25, 0.3) is 10.9 Å². The van der Waals surface area contributed by atoms with Crippen LogP contribution >= 0.6 is 0 Å². The third-order valence-corrected chi connectivity index (χ3v) is 5.46. The highest BCUT2D eigenvalue weighted by Crippen LogP contribution is 2.20. The Morgan fingerprint density at radius 3 is 3.04 bits per heavy atom. The third-order valence-electron chi connectivity index (χ3n) is 5.46. The molecule has 3 heterocycles. The van der Waals surface area contributed by atoms with Gasteiger partial charge in [0, 0.05) is 30.7 Å². The molecule has 0 radical (unpaired) electrons. The molecule has 1 unspecified atom stereocenters. The molecule has 1 N–H and O–H groups in total. The van der Waals surface area contributed by atoms with Gasteiger partial charge < -0.3 is 0 Å². The summed E-state index contributed by atoms with van der Waals surface area (Å²) in [5.74, 6) is 0. The van der Waals surface area contributed by atoms with Crippen molar-refractivity contribution in [1.29, 1.82) is 0 Å². The van der Waals surface area contributed by atoms with Crippen molar-refractivity contribution >= 4 is 10.9 Å². The Bertz CT molecular complexity index is 829. The SMILES string of the molecule is CN(Cc1ccccn1)C1CCCN(Cc2ccc3cn[nH]c3c2)CC1. The Hall–Kier alpha value is -2.24. The molecule has 2 aromatic heterocycles. The molecule has 0 amide bonds. The number of hydrogen-bond acceptors (Lipinski definition) is 4. The van der Waals surface area contributed by atoms with Crippen molar-refractivity contribution in [3.05, 3.63) is 60.0 Å². The quantitative estimate of drug-likeness (QED) is 0.766. The zero-order valence-corrected chi connectivity index (χ0v) is 15.4. The molecule has 1 aliphatic rings. The molecular formula is C21H27N5. The number of nitrogens with zero attached hydrogens (tertiary/aromatic N) is 4. The van der Waals surface area contributed by atoms with E-state index in [1.165, 1.54) is 36.8 Å². The van der Waals surface area contributed by atoms with Gasteiger partial charge in [-0.05, 0) is 63.2 Å². The standard InChI is InChI=1S/C21H27N5/c1-25(16-19-5-2-3-10-22-19)20-6-4-11-26(12-9-20)15-17-7-8-18-14-23-24-21(18)13-17/h2-3,5,7-8,10,13-14,20H,4,6,9,11-12,15-16H2,1H3,(H,23,24). The molecule has 0 saturated carbocycles. The molecule has 1 saturated heterocycles. The highest BCUT2D eigenvalue weighted by atomic mass is 15.2. The number of fused-ring (bicyclic) bond motifs is 1. The van der Waals surface area contributed by atoms with E-state index in [-0.39, 0.29) is 0 Å². The second-order valence-electron chi connectivity index (χ2n) is 7.39. The molecule has 3 aromatic rings. The van der Waals surface area contributed by atoms with Gasteiger partial charge in [-0.1, -0.05) is 18.2 Å². The summed E-state index contributed by atoms with van der Waals surface area (Å²) >= 11 is 0. The first-order chi connectivity index (χ1) is 12.8. The van der Waals surface area contributed by atoms with E-state index in [1.54, 1.807) is 0 Å². The summed E-state index contributed by atoms with van der Waals surface area (Å²) in [6.07, 6.45) is 7.50. The predicted molar refractivity (Wildman–Crippen MR) is 105 cm³/mol. The predicted octanol–water partition coefficient (Wildman–Crippen LogP) is 3.44. The molecular weight excluding hydrogens is 322 g/mol. The van der Waals surface area contributed by atoms with E-state index in [0.717, 1.165) is 30.8 Å². The van der Waals surface area contributed by atoms with Crippen LogP contribution in [0.15, 0.2) is 48.8 Å². The van der Waals surface area contributed by atoms with Gasteiger partial charge in [0.15, 0.2) is 0 Å². The lowest BCUT2D eigenvalue weighted by atomic mass is 10.1. The monoisotopic (exact) mass is 349 g/mol. The summed E-state index contributed by atoms with van der Waals surface area (Å²) in [4.78, 5) is 9.53. The average Bonchev–Trinajstić information content (AvgIpc) is 3.00. The van der Waals surface area contributed by atoms with Crippen molar-refractivity contribution in [3.8, 4) is 0 Å². The Balaban J connectivity index is 1.34. The van der Waals surface area contributed by atoms with Crippen molar-refractivity contribution < 1.29 is 0 Å². The Kier molecular flexibility index (Phi) is 5.27. The smallest absolute Gasteiger partial charge is 0.0653 e. The summed E-state index contributed by atoms with van der Waals surface area (Å²) in [6, 6.07) is 13.4. The second kappa shape index (κ2) is 7.98. The van der Waals surface area contributed by atoms with Crippen LogP contribution in [0.4, 0.5) is 0 Å². The molecule has 5 heteroatoms. The summed E-state index contributed by atoms with van der Waals surface area (Å²) < 4.78 is 0. The number of H-pyrrole nitrogens is 1. The Morgan fingerprint density at radius 1 is 1.19 bits per heavy atom. The molecule has 26 heavy (non-hydrogen) atoms. The number of pyridine rings is 1. The van der Waals surface area contributed by atoms with Crippen LogP contribution in [0.5, 0.6) is 0 Å². The number of rotatable bonds is 5. The lowest BCUT2D eigenvalue weighted by molar-refractivity contribution is 0.204. The summed E-state index contributed by atoms with van der Waals surface area (Å²) in [6.45, 7) is 4.28. The molecule has 5 nitrogen and oxygen atoms in total. The fraction of sp³-hybridized carbons (Fsp3) is 0.429. The fourth-order valence-corrected chi connectivity index (χ4v) is 3.95. The highest BCUT2D eigenvalue weighted by Gasteiger charge is 2.20. The molecule has 0 spiro atoms. The zero-order valence-electron chi connectivity index (χ0n) is 15.4. The van der Waals surface area contributed by atoms with E-state index in [1.807, 2.05) is 18.5 Å². The van der Waals surface area contributed by atoms with Crippen molar-refractivity contribution in [2.75, 3.05) is 20.1 Å². The first-order valence-corrected chi connectivity index (χ1v) is 9.52. The molecule has 4 rings (SSSR count). The Labute approximate surface area is 155 Å². The highest BCUT2D eigenvalue weighted by molar-refractivity contribution is 5.78. The van der Waals surface area contributed by atoms with Crippen LogP contribution < -0.4 is 0 Å². The van der Waals surface area contributed by atoms with Gasteiger partial charge in [0.2, 0.25) is 0 Å². The topological polar surface area (TPSA) is 48.1 Å². The average molecular weight is 349 g/mol. The van der Waals surface area contributed by atoms with Gasteiger partial charge in [0.05, 0.1) is 17.4 Å². The van der Waals surface area contributed by atoms with Crippen LogP contribution in [0.2, 0.25) is 0 Å². The number of likely N-dealkylation sites (tertiary alicyclic amines) is 1. The van der Waals surface area contributed by atoms with E-state index >= 15 is 0 Å². The lowest BCUT2D eigenvalue weighted by Gasteiger charge is -2.27. The first kappa shape index (κ1) is 17.2. The first-order valence-electron chi connectivity index (χ1n) is 9.52. The summed E-state index contributed by atoms with van der Waals surface area (Å²) in [5, 5.41) is 8.37. The van der Waals surface area contributed by atoms with Crippen LogP contribution in [0.3, 0.4) is 0 Å². The second-order valence-corrected chi connectivity index (χ2v) is 7.39. The van der Waals surface area contributed by atoms with Crippen LogP contribution in [-0.4, -0.2) is 51.2 Å². The maximum Gasteiger partial charge on any atom is 0.0653 e.